The fourth-order valence-corrected chi connectivity index (χ4v) is 2.09. The fraction of sp³-hybridized carbons (Fsp3) is 0.400. The molecule has 0 radical (unpaired) electrons. The highest BCUT2D eigenvalue weighted by molar-refractivity contribution is 5.84. The minimum Gasteiger partial charge on any atom is -0.480 e. The van der Waals surface area contributed by atoms with E-state index in [2.05, 4.69) is 5.32 Å². The molecule has 0 aliphatic carbocycles. The summed E-state index contributed by atoms with van der Waals surface area (Å²) in [5, 5.41) is 11.5. The van der Waals surface area contributed by atoms with Crippen molar-refractivity contribution >= 4 is 17.9 Å². The number of carboxylic acids is 1. The molecule has 22 heavy (non-hydrogen) atoms. The minimum absolute atomic E-state index is 0.0675. The Morgan fingerprint density at radius 1 is 1.32 bits per heavy atom. The Morgan fingerprint density at radius 3 is 2.41 bits per heavy atom. The molecule has 0 aliphatic rings. The van der Waals surface area contributed by atoms with E-state index < -0.39 is 30.0 Å². The van der Waals surface area contributed by atoms with Crippen LogP contribution in [0, 0.1) is 6.92 Å². The van der Waals surface area contributed by atoms with Crippen molar-refractivity contribution in [2.45, 2.75) is 32.4 Å². The lowest BCUT2D eigenvalue weighted by Gasteiger charge is -2.25. The van der Waals surface area contributed by atoms with Crippen molar-refractivity contribution in [3.63, 3.8) is 0 Å². The summed E-state index contributed by atoms with van der Waals surface area (Å²) in [7, 11) is 1.42. The van der Waals surface area contributed by atoms with E-state index in [1.807, 2.05) is 19.1 Å². The molecule has 1 rings (SSSR count). The van der Waals surface area contributed by atoms with E-state index in [1.165, 1.54) is 14.0 Å². The first-order valence-corrected chi connectivity index (χ1v) is 6.84. The maximum absolute atomic E-state index is 12.2. The average Bonchev–Trinajstić information content (AvgIpc) is 2.44. The zero-order valence-electron chi connectivity index (χ0n) is 12.9. The van der Waals surface area contributed by atoms with Crippen LogP contribution in [-0.4, -0.2) is 41.0 Å². The number of nitrogens with two attached hydrogens (primary N) is 1. The van der Waals surface area contributed by atoms with Crippen LogP contribution in [0.3, 0.4) is 0 Å². The van der Waals surface area contributed by atoms with Crippen molar-refractivity contribution in [3.05, 3.63) is 35.4 Å². The van der Waals surface area contributed by atoms with Crippen molar-refractivity contribution in [1.29, 1.82) is 0 Å². The molecule has 0 spiro atoms. The number of urea groups is 1. The molecule has 3 amide bonds. The molecule has 0 heterocycles. The van der Waals surface area contributed by atoms with Crippen LogP contribution in [0.5, 0.6) is 0 Å². The van der Waals surface area contributed by atoms with Crippen LogP contribution >= 0.6 is 0 Å². The highest BCUT2D eigenvalue weighted by Crippen LogP contribution is 2.21. The second-order valence-electron chi connectivity index (χ2n) is 5.14. The molecule has 0 saturated carbocycles. The fourth-order valence-electron chi connectivity index (χ4n) is 2.09. The molecule has 1 aromatic rings. The third-order valence-corrected chi connectivity index (χ3v) is 3.59. The molecule has 0 aliphatic heterocycles. The molecule has 0 fully saturated rings. The van der Waals surface area contributed by atoms with Gasteiger partial charge in [0.1, 0.15) is 6.04 Å². The second-order valence-corrected chi connectivity index (χ2v) is 5.14. The van der Waals surface area contributed by atoms with Gasteiger partial charge in [-0.25, -0.2) is 9.59 Å². The number of rotatable bonds is 6. The number of hydrogen-bond acceptors (Lipinski definition) is 3. The maximum atomic E-state index is 12.2. The zero-order valence-corrected chi connectivity index (χ0v) is 12.9. The molecule has 2 atom stereocenters. The quantitative estimate of drug-likeness (QED) is 0.728. The lowest BCUT2D eigenvalue weighted by Crippen LogP contribution is -2.43. The van der Waals surface area contributed by atoms with E-state index in [9.17, 15) is 14.4 Å². The van der Waals surface area contributed by atoms with Crippen molar-refractivity contribution in [1.82, 2.24) is 10.2 Å². The van der Waals surface area contributed by atoms with Gasteiger partial charge in [0.2, 0.25) is 5.91 Å². The number of hydrogen-bond donors (Lipinski definition) is 3. The SMILES string of the molecule is Cc1ccccc1C(CC(=O)N(C)C(C)C(=O)O)NC(N)=O. The summed E-state index contributed by atoms with van der Waals surface area (Å²) >= 11 is 0. The van der Waals surface area contributed by atoms with Gasteiger partial charge in [-0.1, -0.05) is 24.3 Å². The molecular formula is C15H21N3O4. The standard InChI is InChI=1S/C15H21N3O4/c1-9-6-4-5-7-11(9)12(17-15(16)22)8-13(19)18(3)10(2)14(20)21/h4-7,10,12H,8H2,1-3H3,(H,20,21)(H3,16,17,22). The van der Waals surface area contributed by atoms with Gasteiger partial charge in [0.15, 0.2) is 0 Å². The molecule has 7 heteroatoms. The zero-order chi connectivity index (χ0) is 16.9. The molecule has 7 nitrogen and oxygen atoms in total. The molecule has 4 N–H and O–H groups in total. The number of aliphatic carboxylic acids is 1. The van der Waals surface area contributed by atoms with Crippen molar-refractivity contribution in [2.24, 2.45) is 5.73 Å². The number of nitrogens with one attached hydrogen (secondary N) is 1. The van der Waals surface area contributed by atoms with Crippen molar-refractivity contribution in [3.8, 4) is 0 Å². The topological polar surface area (TPSA) is 113 Å². The predicted molar refractivity (Wildman–Crippen MR) is 81.1 cm³/mol. The van der Waals surface area contributed by atoms with E-state index in [4.69, 9.17) is 10.8 Å². The van der Waals surface area contributed by atoms with Crippen molar-refractivity contribution < 1.29 is 19.5 Å². The summed E-state index contributed by atoms with van der Waals surface area (Å²) in [5.74, 6) is -1.48. The molecule has 0 bridgehead atoms. The molecule has 120 valence electrons. The number of likely N-dealkylation sites (N-methyl/N-ethyl adjacent to an activating group) is 1. The van der Waals surface area contributed by atoms with Crippen LogP contribution in [0.15, 0.2) is 24.3 Å². The predicted octanol–water partition coefficient (Wildman–Crippen LogP) is 1.03. The highest BCUT2D eigenvalue weighted by Gasteiger charge is 2.26. The summed E-state index contributed by atoms with van der Waals surface area (Å²) in [6.07, 6.45) is -0.0675. The third kappa shape index (κ3) is 4.47. The van der Waals surface area contributed by atoms with Gasteiger partial charge in [0, 0.05) is 7.05 Å². The normalized spacial score (nSPS) is 13.0. The van der Waals surface area contributed by atoms with Gasteiger partial charge in [-0.3, -0.25) is 4.79 Å². The van der Waals surface area contributed by atoms with Crippen LogP contribution in [0.2, 0.25) is 0 Å². The first kappa shape index (κ1) is 17.5. The Labute approximate surface area is 129 Å². The van der Waals surface area contributed by atoms with Gasteiger partial charge in [-0.2, -0.15) is 0 Å². The van der Waals surface area contributed by atoms with Crippen LogP contribution in [-0.2, 0) is 9.59 Å². The van der Waals surface area contributed by atoms with Gasteiger partial charge in [0.05, 0.1) is 12.5 Å². The number of carbonyl (C=O) groups excluding carboxylic acids is 2. The molecule has 1 aromatic carbocycles. The number of carboxylic acid groups (broad SMARTS) is 1. The first-order valence-electron chi connectivity index (χ1n) is 6.84. The number of carbonyl (C=O) groups is 3. The maximum Gasteiger partial charge on any atom is 0.326 e. The minimum atomic E-state index is -1.09. The largest absolute Gasteiger partial charge is 0.480 e. The Morgan fingerprint density at radius 2 is 1.91 bits per heavy atom. The number of benzene rings is 1. The van der Waals surface area contributed by atoms with E-state index >= 15 is 0 Å². The summed E-state index contributed by atoms with van der Waals surface area (Å²) in [6, 6.07) is 5.01. The first-order chi connectivity index (χ1) is 10.2. The molecular weight excluding hydrogens is 286 g/mol. The second kappa shape index (κ2) is 7.44. The number of nitrogens with zero attached hydrogens (tertiary/aromatic N) is 1. The Balaban J connectivity index is 2.95. The van der Waals surface area contributed by atoms with Crippen LogP contribution in [0.1, 0.15) is 30.5 Å². The van der Waals surface area contributed by atoms with Crippen LogP contribution < -0.4 is 11.1 Å². The van der Waals surface area contributed by atoms with Gasteiger partial charge in [-0.05, 0) is 25.0 Å². The lowest BCUT2D eigenvalue weighted by atomic mass is 9.98. The van der Waals surface area contributed by atoms with Gasteiger partial charge in [0.25, 0.3) is 0 Å². The Hall–Kier alpha value is -2.57. The molecule has 0 saturated heterocycles. The Kier molecular flexibility index (Phi) is 5.91. The van der Waals surface area contributed by atoms with Gasteiger partial charge >= 0.3 is 12.0 Å². The summed E-state index contributed by atoms with van der Waals surface area (Å²) < 4.78 is 0. The number of aryl methyl sites for hydroxylation is 1. The van der Waals surface area contributed by atoms with E-state index in [-0.39, 0.29) is 6.42 Å². The van der Waals surface area contributed by atoms with Crippen LogP contribution in [0.4, 0.5) is 4.79 Å². The summed E-state index contributed by atoms with van der Waals surface area (Å²) in [4.78, 5) is 35.5. The summed E-state index contributed by atoms with van der Waals surface area (Å²) in [5.41, 5.74) is 6.85. The number of primary amides is 1. The molecule has 2 unspecified atom stereocenters. The van der Waals surface area contributed by atoms with Crippen molar-refractivity contribution in [2.75, 3.05) is 7.05 Å². The van der Waals surface area contributed by atoms with Crippen LogP contribution in [0.25, 0.3) is 0 Å². The lowest BCUT2D eigenvalue weighted by molar-refractivity contribution is -0.148. The van der Waals surface area contributed by atoms with Gasteiger partial charge in [-0.15, -0.1) is 0 Å². The highest BCUT2D eigenvalue weighted by atomic mass is 16.4. The molecule has 0 aromatic heterocycles. The number of amides is 3. The smallest absolute Gasteiger partial charge is 0.326 e. The van der Waals surface area contributed by atoms with Gasteiger partial charge < -0.3 is 21.1 Å². The third-order valence-electron chi connectivity index (χ3n) is 3.59. The van der Waals surface area contributed by atoms with E-state index in [0.29, 0.717) is 0 Å². The van der Waals surface area contributed by atoms with E-state index in [1.54, 1.807) is 12.1 Å². The Bertz CT molecular complexity index is 574. The monoisotopic (exact) mass is 307 g/mol. The van der Waals surface area contributed by atoms with E-state index in [0.717, 1.165) is 16.0 Å². The average molecular weight is 307 g/mol. The summed E-state index contributed by atoms with van der Waals surface area (Å²) in [6.45, 7) is 3.28.